The number of halogens is 1. The summed E-state index contributed by atoms with van der Waals surface area (Å²) in [7, 11) is 1.62. The maximum absolute atomic E-state index is 12.1. The van der Waals surface area contributed by atoms with E-state index in [-0.39, 0.29) is 5.91 Å². The number of nitrogens with one attached hydrogen (secondary N) is 1. The first-order valence-corrected chi connectivity index (χ1v) is 6.52. The van der Waals surface area contributed by atoms with Crippen molar-refractivity contribution in [1.29, 1.82) is 0 Å². The van der Waals surface area contributed by atoms with Gasteiger partial charge < -0.3 is 14.5 Å². The minimum atomic E-state index is -0.227. The topological polar surface area (TPSA) is 51.5 Å². The molecule has 1 aromatic carbocycles. The fourth-order valence-electron chi connectivity index (χ4n) is 1.92. The van der Waals surface area contributed by atoms with Crippen LogP contribution in [0.4, 0.5) is 5.69 Å². The predicted molar refractivity (Wildman–Crippen MR) is 76.8 cm³/mol. The number of benzene rings is 1. The van der Waals surface area contributed by atoms with E-state index in [1.165, 1.54) is 6.26 Å². The van der Waals surface area contributed by atoms with Gasteiger partial charge in [-0.15, -0.1) is 0 Å². The van der Waals surface area contributed by atoms with Gasteiger partial charge in [-0.3, -0.25) is 4.79 Å². The van der Waals surface area contributed by atoms with Crippen molar-refractivity contribution < 1.29 is 13.9 Å². The number of hydrogen-bond donors (Lipinski definition) is 1. The highest BCUT2D eigenvalue weighted by Crippen LogP contribution is 2.30. The Morgan fingerprint density at radius 3 is 2.63 bits per heavy atom. The van der Waals surface area contributed by atoms with Crippen LogP contribution in [0.25, 0.3) is 0 Å². The van der Waals surface area contributed by atoms with Crippen molar-refractivity contribution in [2.45, 2.75) is 13.8 Å². The van der Waals surface area contributed by atoms with Crippen LogP contribution in [0.1, 0.15) is 21.5 Å². The largest absolute Gasteiger partial charge is 0.496 e. The van der Waals surface area contributed by atoms with Crippen molar-refractivity contribution >= 4 is 27.5 Å². The number of rotatable bonds is 3. The maximum atomic E-state index is 12.1. The lowest BCUT2D eigenvalue weighted by Crippen LogP contribution is -2.13. The summed E-state index contributed by atoms with van der Waals surface area (Å²) in [6.45, 7) is 3.87. The van der Waals surface area contributed by atoms with E-state index in [1.54, 1.807) is 13.2 Å². The molecule has 0 aliphatic rings. The zero-order valence-electron chi connectivity index (χ0n) is 10.9. The smallest absolute Gasteiger partial charge is 0.260 e. The van der Waals surface area contributed by atoms with Crippen molar-refractivity contribution in [3.8, 4) is 5.75 Å². The second-order valence-electron chi connectivity index (χ2n) is 4.15. The van der Waals surface area contributed by atoms with Gasteiger partial charge in [0.2, 0.25) is 0 Å². The van der Waals surface area contributed by atoms with Gasteiger partial charge >= 0.3 is 0 Å². The fraction of sp³-hybridized carbons (Fsp3) is 0.214. The van der Waals surface area contributed by atoms with Gasteiger partial charge in [0.15, 0.2) is 4.67 Å². The van der Waals surface area contributed by atoms with E-state index in [2.05, 4.69) is 21.2 Å². The maximum Gasteiger partial charge on any atom is 0.260 e. The molecule has 0 aliphatic heterocycles. The van der Waals surface area contributed by atoms with Gasteiger partial charge in [0.1, 0.15) is 5.75 Å². The molecule has 0 spiro atoms. The van der Waals surface area contributed by atoms with Crippen LogP contribution < -0.4 is 10.1 Å². The van der Waals surface area contributed by atoms with Crippen molar-refractivity contribution in [2.24, 2.45) is 0 Å². The van der Waals surface area contributed by atoms with E-state index in [1.807, 2.05) is 26.0 Å². The van der Waals surface area contributed by atoms with Gasteiger partial charge in [0.25, 0.3) is 5.91 Å². The molecule has 1 aromatic heterocycles. The number of furan rings is 1. The SMILES string of the molecule is COc1c(C)ccc(NC(=O)c2ccoc2Br)c1C. The van der Waals surface area contributed by atoms with E-state index in [9.17, 15) is 4.79 Å². The Morgan fingerprint density at radius 2 is 2.05 bits per heavy atom. The van der Waals surface area contributed by atoms with E-state index >= 15 is 0 Å². The monoisotopic (exact) mass is 323 g/mol. The molecule has 1 heterocycles. The number of ether oxygens (including phenoxy) is 1. The predicted octanol–water partition coefficient (Wildman–Crippen LogP) is 3.92. The van der Waals surface area contributed by atoms with Gasteiger partial charge in [0.05, 0.1) is 18.9 Å². The van der Waals surface area contributed by atoms with Crippen LogP contribution >= 0.6 is 15.9 Å². The minimum absolute atomic E-state index is 0.227. The number of aryl methyl sites for hydroxylation is 1. The normalized spacial score (nSPS) is 10.3. The summed E-state index contributed by atoms with van der Waals surface area (Å²) >= 11 is 3.19. The molecule has 0 bridgehead atoms. The number of anilines is 1. The molecular weight excluding hydrogens is 310 g/mol. The van der Waals surface area contributed by atoms with Crippen LogP contribution in [0.5, 0.6) is 5.75 Å². The molecule has 0 unspecified atom stereocenters. The van der Waals surface area contributed by atoms with Crippen molar-refractivity contribution in [1.82, 2.24) is 0 Å². The first-order valence-electron chi connectivity index (χ1n) is 5.73. The third kappa shape index (κ3) is 2.66. The average molecular weight is 324 g/mol. The number of amides is 1. The second kappa shape index (κ2) is 5.48. The lowest BCUT2D eigenvalue weighted by atomic mass is 10.1. The molecule has 19 heavy (non-hydrogen) atoms. The van der Waals surface area contributed by atoms with E-state index < -0.39 is 0 Å². The summed E-state index contributed by atoms with van der Waals surface area (Å²) in [5.41, 5.74) is 3.11. The van der Waals surface area contributed by atoms with E-state index in [0.29, 0.717) is 10.2 Å². The highest BCUT2D eigenvalue weighted by atomic mass is 79.9. The van der Waals surface area contributed by atoms with Gasteiger partial charge in [0, 0.05) is 11.3 Å². The molecule has 0 saturated carbocycles. The van der Waals surface area contributed by atoms with Gasteiger partial charge in [-0.1, -0.05) is 6.07 Å². The number of carbonyl (C=O) groups is 1. The lowest BCUT2D eigenvalue weighted by molar-refractivity contribution is 0.102. The summed E-state index contributed by atoms with van der Waals surface area (Å²) in [5.74, 6) is 0.554. The first kappa shape index (κ1) is 13.7. The summed E-state index contributed by atoms with van der Waals surface area (Å²) in [6.07, 6.45) is 1.46. The average Bonchev–Trinajstić information content (AvgIpc) is 2.80. The molecule has 0 atom stereocenters. The third-order valence-electron chi connectivity index (χ3n) is 2.92. The summed E-state index contributed by atoms with van der Waals surface area (Å²) in [4.78, 5) is 12.1. The van der Waals surface area contributed by atoms with Crippen LogP contribution in [-0.4, -0.2) is 13.0 Å². The molecule has 0 fully saturated rings. The van der Waals surface area contributed by atoms with Crippen molar-refractivity contribution in [2.75, 3.05) is 12.4 Å². The molecule has 1 N–H and O–H groups in total. The second-order valence-corrected chi connectivity index (χ2v) is 4.87. The molecule has 4 nitrogen and oxygen atoms in total. The van der Waals surface area contributed by atoms with Gasteiger partial charge in [-0.05, 0) is 47.5 Å². The molecule has 0 saturated heterocycles. The Bertz CT molecular complexity index is 619. The number of hydrogen-bond acceptors (Lipinski definition) is 3. The van der Waals surface area contributed by atoms with Crippen molar-refractivity contribution in [3.05, 3.63) is 45.8 Å². The molecular formula is C14H14BrNO3. The summed E-state index contributed by atoms with van der Waals surface area (Å²) in [5, 5.41) is 2.85. The Kier molecular flexibility index (Phi) is 3.95. The number of methoxy groups -OCH3 is 1. The van der Waals surface area contributed by atoms with Gasteiger partial charge in [-0.2, -0.15) is 0 Å². The van der Waals surface area contributed by atoms with Crippen LogP contribution in [0.15, 0.2) is 33.5 Å². The van der Waals surface area contributed by atoms with Gasteiger partial charge in [-0.25, -0.2) is 0 Å². The third-order valence-corrected chi connectivity index (χ3v) is 3.53. The molecule has 0 aliphatic carbocycles. The molecule has 2 rings (SSSR count). The standard InChI is InChI=1S/C14H14BrNO3/c1-8-4-5-11(9(2)12(8)18-3)16-14(17)10-6-7-19-13(10)15/h4-7H,1-3H3,(H,16,17). The highest BCUT2D eigenvalue weighted by Gasteiger charge is 2.15. The quantitative estimate of drug-likeness (QED) is 0.931. The summed E-state index contributed by atoms with van der Waals surface area (Å²) < 4.78 is 10.8. The van der Waals surface area contributed by atoms with E-state index in [0.717, 1.165) is 22.6 Å². The molecule has 100 valence electrons. The zero-order chi connectivity index (χ0) is 14.0. The van der Waals surface area contributed by atoms with Crippen LogP contribution in [0.3, 0.4) is 0 Å². The minimum Gasteiger partial charge on any atom is -0.496 e. The van der Waals surface area contributed by atoms with Crippen LogP contribution in [-0.2, 0) is 0 Å². The first-order chi connectivity index (χ1) is 9.04. The fourth-order valence-corrected chi connectivity index (χ4v) is 2.34. The Balaban J connectivity index is 2.30. The zero-order valence-corrected chi connectivity index (χ0v) is 12.5. The molecule has 1 amide bonds. The summed E-state index contributed by atoms with van der Waals surface area (Å²) in [6, 6.07) is 5.38. The lowest BCUT2D eigenvalue weighted by Gasteiger charge is -2.13. The Morgan fingerprint density at radius 1 is 1.32 bits per heavy atom. The van der Waals surface area contributed by atoms with E-state index in [4.69, 9.17) is 9.15 Å². The Labute approximate surface area is 119 Å². The molecule has 0 radical (unpaired) electrons. The number of carbonyl (C=O) groups excluding carboxylic acids is 1. The molecule has 5 heteroatoms. The molecule has 2 aromatic rings. The Hall–Kier alpha value is -1.75. The van der Waals surface area contributed by atoms with Crippen LogP contribution in [0, 0.1) is 13.8 Å². The highest BCUT2D eigenvalue weighted by molar-refractivity contribution is 9.10. The van der Waals surface area contributed by atoms with Crippen LogP contribution in [0.2, 0.25) is 0 Å². The van der Waals surface area contributed by atoms with Crippen molar-refractivity contribution in [3.63, 3.8) is 0 Å².